The van der Waals surface area contributed by atoms with Gasteiger partial charge in [0.1, 0.15) is 11.4 Å². The second-order valence-electron chi connectivity index (χ2n) is 6.33. The summed E-state index contributed by atoms with van der Waals surface area (Å²) in [5, 5.41) is 0. The SMILES string of the molecule is CCc1ccnc(N2CCN(C(=O)OC(C)(C)C)CC2)c1. The number of piperazine rings is 1. The molecule has 1 aromatic heterocycles. The maximum Gasteiger partial charge on any atom is 0.410 e. The van der Waals surface area contributed by atoms with E-state index in [2.05, 4.69) is 22.9 Å². The molecular weight excluding hydrogens is 266 g/mol. The number of aromatic nitrogens is 1. The van der Waals surface area contributed by atoms with Crippen molar-refractivity contribution in [3.05, 3.63) is 23.9 Å². The molecule has 1 aliphatic rings. The van der Waals surface area contributed by atoms with Gasteiger partial charge in [-0.1, -0.05) is 6.92 Å². The van der Waals surface area contributed by atoms with Gasteiger partial charge in [-0.15, -0.1) is 0 Å². The molecule has 2 rings (SSSR count). The molecule has 1 aliphatic heterocycles. The number of aryl methyl sites for hydroxylation is 1. The molecule has 0 radical (unpaired) electrons. The predicted molar refractivity (Wildman–Crippen MR) is 83.6 cm³/mol. The molecule has 0 atom stereocenters. The molecule has 5 heteroatoms. The maximum atomic E-state index is 12.0. The molecule has 116 valence electrons. The van der Waals surface area contributed by atoms with Crippen molar-refractivity contribution in [2.24, 2.45) is 0 Å². The molecule has 0 unspecified atom stereocenters. The van der Waals surface area contributed by atoms with Gasteiger partial charge in [0.05, 0.1) is 0 Å². The second-order valence-corrected chi connectivity index (χ2v) is 6.33. The van der Waals surface area contributed by atoms with Crippen LogP contribution in [0.15, 0.2) is 18.3 Å². The van der Waals surface area contributed by atoms with Crippen molar-refractivity contribution in [3.8, 4) is 0 Å². The topological polar surface area (TPSA) is 45.7 Å². The molecule has 0 bridgehead atoms. The first-order valence-corrected chi connectivity index (χ1v) is 7.57. The molecule has 0 saturated carbocycles. The Balaban J connectivity index is 1.92. The highest BCUT2D eigenvalue weighted by atomic mass is 16.6. The number of carbonyl (C=O) groups excluding carboxylic acids is 1. The van der Waals surface area contributed by atoms with Gasteiger partial charge in [-0.05, 0) is 44.9 Å². The van der Waals surface area contributed by atoms with Crippen LogP contribution in [0.3, 0.4) is 0 Å². The van der Waals surface area contributed by atoms with Crippen LogP contribution in [0.5, 0.6) is 0 Å². The largest absolute Gasteiger partial charge is 0.444 e. The fourth-order valence-electron chi connectivity index (χ4n) is 2.30. The molecular formula is C16H25N3O2. The zero-order chi connectivity index (χ0) is 15.5. The molecule has 1 amide bonds. The van der Waals surface area contributed by atoms with E-state index in [4.69, 9.17) is 4.74 Å². The highest BCUT2D eigenvalue weighted by molar-refractivity contribution is 5.68. The van der Waals surface area contributed by atoms with Crippen LogP contribution in [0.4, 0.5) is 10.6 Å². The van der Waals surface area contributed by atoms with E-state index in [1.807, 2.05) is 33.0 Å². The van der Waals surface area contributed by atoms with E-state index >= 15 is 0 Å². The summed E-state index contributed by atoms with van der Waals surface area (Å²) in [5.41, 5.74) is 0.847. The number of anilines is 1. The summed E-state index contributed by atoms with van der Waals surface area (Å²) < 4.78 is 5.41. The fraction of sp³-hybridized carbons (Fsp3) is 0.625. The standard InChI is InChI=1S/C16H25N3O2/c1-5-13-6-7-17-14(12-13)18-8-10-19(11-9-18)15(20)21-16(2,3)4/h6-7,12H,5,8-11H2,1-4H3. The summed E-state index contributed by atoms with van der Waals surface area (Å²) >= 11 is 0. The monoisotopic (exact) mass is 291 g/mol. The van der Waals surface area contributed by atoms with Gasteiger partial charge in [-0.25, -0.2) is 9.78 Å². The van der Waals surface area contributed by atoms with Crippen LogP contribution in [-0.4, -0.2) is 47.8 Å². The minimum atomic E-state index is -0.439. The summed E-state index contributed by atoms with van der Waals surface area (Å²) in [7, 11) is 0. The quantitative estimate of drug-likeness (QED) is 0.840. The van der Waals surface area contributed by atoms with Gasteiger partial charge in [-0.2, -0.15) is 0 Å². The van der Waals surface area contributed by atoms with Crippen LogP contribution in [-0.2, 0) is 11.2 Å². The number of nitrogens with zero attached hydrogens (tertiary/aromatic N) is 3. The third-order valence-electron chi connectivity index (χ3n) is 3.47. The van der Waals surface area contributed by atoms with Gasteiger partial charge >= 0.3 is 6.09 Å². The highest BCUT2D eigenvalue weighted by Gasteiger charge is 2.26. The van der Waals surface area contributed by atoms with Gasteiger partial charge in [0, 0.05) is 32.4 Å². The second kappa shape index (κ2) is 6.33. The number of rotatable bonds is 2. The average molecular weight is 291 g/mol. The van der Waals surface area contributed by atoms with Crippen molar-refractivity contribution in [1.82, 2.24) is 9.88 Å². The van der Waals surface area contributed by atoms with E-state index in [0.29, 0.717) is 13.1 Å². The lowest BCUT2D eigenvalue weighted by atomic mass is 10.2. The predicted octanol–water partition coefficient (Wildman–Crippen LogP) is 2.70. The summed E-state index contributed by atoms with van der Waals surface area (Å²) in [4.78, 5) is 20.4. The Morgan fingerprint density at radius 1 is 1.29 bits per heavy atom. The van der Waals surface area contributed by atoms with Crippen molar-refractivity contribution >= 4 is 11.9 Å². The molecule has 1 aromatic rings. The Morgan fingerprint density at radius 2 is 1.95 bits per heavy atom. The van der Waals surface area contributed by atoms with E-state index < -0.39 is 5.60 Å². The Kier molecular flexibility index (Phi) is 4.70. The lowest BCUT2D eigenvalue weighted by Crippen LogP contribution is -2.50. The molecule has 2 heterocycles. The van der Waals surface area contributed by atoms with Crippen molar-refractivity contribution in [2.45, 2.75) is 39.7 Å². The van der Waals surface area contributed by atoms with Crippen molar-refractivity contribution < 1.29 is 9.53 Å². The Hall–Kier alpha value is -1.78. The molecule has 0 spiro atoms. The number of hydrogen-bond acceptors (Lipinski definition) is 4. The maximum absolute atomic E-state index is 12.0. The van der Waals surface area contributed by atoms with E-state index in [1.54, 1.807) is 4.90 Å². The lowest BCUT2D eigenvalue weighted by molar-refractivity contribution is 0.0240. The van der Waals surface area contributed by atoms with E-state index in [0.717, 1.165) is 25.3 Å². The normalized spacial score (nSPS) is 16.0. The third-order valence-corrected chi connectivity index (χ3v) is 3.47. The molecule has 1 fully saturated rings. The van der Waals surface area contributed by atoms with Crippen molar-refractivity contribution in [2.75, 3.05) is 31.1 Å². The van der Waals surface area contributed by atoms with Gasteiger partial charge in [-0.3, -0.25) is 0 Å². The zero-order valence-corrected chi connectivity index (χ0v) is 13.4. The summed E-state index contributed by atoms with van der Waals surface area (Å²) in [5.74, 6) is 0.998. The Labute approximate surface area is 126 Å². The molecule has 0 aliphatic carbocycles. The summed E-state index contributed by atoms with van der Waals surface area (Å²) in [6.45, 7) is 10.7. The smallest absolute Gasteiger partial charge is 0.410 e. The van der Waals surface area contributed by atoms with Crippen LogP contribution in [0.2, 0.25) is 0 Å². The summed E-state index contributed by atoms with van der Waals surface area (Å²) in [6, 6.07) is 4.17. The third kappa shape index (κ3) is 4.34. The number of amides is 1. The van der Waals surface area contributed by atoms with Crippen LogP contribution < -0.4 is 4.90 Å². The van der Waals surface area contributed by atoms with E-state index in [1.165, 1.54) is 5.56 Å². The number of pyridine rings is 1. The van der Waals surface area contributed by atoms with Crippen molar-refractivity contribution in [3.63, 3.8) is 0 Å². The van der Waals surface area contributed by atoms with Crippen LogP contribution in [0.1, 0.15) is 33.3 Å². The van der Waals surface area contributed by atoms with Crippen LogP contribution >= 0.6 is 0 Å². The molecule has 0 aromatic carbocycles. The lowest BCUT2D eigenvalue weighted by Gasteiger charge is -2.36. The highest BCUT2D eigenvalue weighted by Crippen LogP contribution is 2.17. The fourth-order valence-corrected chi connectivity index (χ4v) is 2.30. The first-order valence-electron chi connectivity index (χ1n) is 7.57. The van der Waals surface area contributed by atoms with Crippen LogP contribution in [0.25, 0.3) is 0 Å². The first kappa shape index (κ1) is 15.6. The number of hydrogen-bond donors (Lipinski definition) is 0. The Morgan fingerprint density at radius 3 is 2.52 bits per heavy atom. The van der Waals surface area contributed by atoms with Crippen molar-refractivity contribution in [1.29, 1.82) is 0 Å². The van der Waals surface area contributed by atoms with Gasteiger partial charge in [0.15, 0.2) is 0 Å². The molecule has 21 heavy (non-hydrogen) atoms. The van der Waals surface area contributed by atoms with Gasteiger partial charge < -0.3 is 14.5 Å². The number of carbonyl (C=O) groups is 1. The van der Waals surface area contributed by atoms with Crippen LogP contribution in [0, 0.1) is 0 Å². The molecule has 1 saturated heterocycles. The first-order chi connectivity index (χ1) is 9.89. The summed E-state index contributed by atoms with van der Waals surface area (Å²) in [6.07, 6.45) is 2.64. The zero-order valence-electron chi connectivity index (χ0n) is 13.4. The van der Waals surface area contributed by atoms with E-state index in [9.17, 15) is 4.79 Å². The van der Waals surface area contributed by atoms with Gasteiger partial charge in [0.2, 0.25) is 0 Å². The minimum Gasteiger partial charge on any atom is -0.444 e. The Bertz CT molecular complexity index is 489. The van der Waals surface area contributed by atoms with E-state index in [-0.39, 0.29) is 6.09 Å². The number of ether oxygens (including phenoxy) is 1. The molecule has 0 N–H and O–H groups in total. The van der Waals surface area contributed by atoms with Gasteiger partial charge in [0.25, 0.3) is 0 Å². The molecule has 5 nitrogen and oxygen atoms in total. The average Bonchev–Trinajstić information content (AvgIpc) is 2.46. The minimum absolute atomic E-state index is 0.225.